The van der Waals surface area contributed by atoms with E-state index in [1.54, 1.807) is 25.2 Å². The van der Waals surface area contributed by atoms with E-state index in [1.807, 2.05) is 31.2 Å². The van der Waals surface area contributed by atoms with Gasteiger partial charge in [-0.2, -0.15) is 5.26 Å². The zero-order chi connectivity index (χ0) is 31.5. The molecule has 1 amide bonds. The lowest BCUT2D eigenvalue weighted by atomic mass is 10.1. The number of hydroxylamine groups is 1. The van der Waals surface area contributed by atoms with Gasteiger partial charge in [0.2, 0.25) is 6.41 Å². The van der Waals surface area contributed by atoms with Crippen LogP contribution in [0.25, 0.3) is 0 Å². The third-order valence-electron chi connectivity index (χ3n) is 7.72. The Hall–Kier alpha value is -4.37. The zero-order valence-electron chi connectivity index (χ0n) is 25.0. The highest BCUT2D eigenvalue weighted by Crippen LogP contribution is 2.27. The molecule has 0 aliphatic carbocycles. The van der Waals surface area contributed by atoms with Crippen LogP contribution in [0.1, 0.15) is 40.7 Å². The molecular formula is C33H37F2N5O4. The number of ether oxygens (including phenoxy) is 1. The largest absolute Gasteiger partial charge is 0.488 e. The van der Waals surface area contributed by atoms with Gasteiger partial charge in [-0.3, -0.25) is 14.5 Å². The number of piperazine rings is 1. The summed E-state index contributed by atoms with van der Waals surface area (Å²) in [4.78, 5) is 34.0. The number of halogens is 2. The Balaban J connectivity index is 1.35. The minimum Gasteiger partial charge on any atom is -0.488 e. The second-order valence-corrected chi connectivity index (χ2v) is 10.6. The van der Waals surface area contributed by atoms with Crippen LogP contribution in [0.3, 0.4) is 0 Å². The second kappa shape index (κ2) is 15.9. The van der Waals surface area contributed by atoms with Gasteiger partial charge in [-0.25, -0.2) is 14.3 Å². The Morgan fingerprint density at radius 2 is 1.86 bits per heavy atom. The highest BCUT2D eigenvalue weighted by atomic mass is 19.1. The highest BCUT2D eigenvalue weighted by molar-refractivity contribution is 5.52. The molecule has 1 fully saturated rings. The second-order valence-electron chi connectivity index (χ2n) is 10.6. The van der Waals surface area contributed by atoms with Crippen molar-refractivity contribution < 1.29 is 27.9 Å². The monoisotopic (exact) mass is 605 g/mol. The van der Waals surface area contributed by atoms with Crippen LogP contribution >= 0.6 is 0 Å². The summed E-state index contributed by atoms with van der Waals surface area (Å²) in [5, 5.41) is 8.96. The minimum absolute atomic E-state index is 0.00503. The number of carbonyl (C=O) groups is 2. The van der Waals surface area contributed by atoms with Crippen LogP contribution in [0, 0.1) is 29.9 Å². The lowest BCUT2D eigenvalue weighted by Gasteiger charge is -2.36. The highest BCUT2D eigenvalue weighted by Gasteiger charge is 2.22. The van der Waals surface area contributed by atoms with Crippen molar-refractivity contribution in [3.8, 4) is 11.8 Å². The number of nitrogens with zero attached hydrogens (tertiary/aromatic N) is 4. The van der Waals surface area contributed by atoms with E-state index in [0.717, 1.165) is 41.8 Å². The Morgan fingerprint density at radius 1 is 1.07 bits per heavy atom. The third-order valence-corrected chi connectivity index (χ3v) is 7.72. The molecule has 1 aliphatic heterocycles. The van der Waals surface area contributed by atoms with E-state index in [2.05, 4.69) is 15.3 Å². The molecular weight excluding hydrogens is 568 g/mol. The summed E-state index contributed by atoms with van der Waals surface area (Å²) in [6, 6.07) is 17.2. The molecule has 9 nitrogen and oxygen atoms in total. The fraction of sp³-hybridized carbons (Fsp3) is 0.364. The van der Waals surface area contributed by atoms with E-state index < -0.39 is 12.0 Å². The molecule has 1 saturated heterocycles. The first-order chi connectivity index (χ1) is 21.4. The van der Waals surface area contributed by atoms with Crippen LogP contribution in [0.2, 0.25) is 0 Å². The number of aldehydes is 1. The van der Waals surface area contributed by atoms with Crippen LogP contribution in [0.5, 0.6) is 5.75 Å². The summed E-state index contributed by atoms with van der Waals surface area (Å²) in [7, 11) is 1.58. The molecule has 1 aliphatic rings. The van der Waals surface area contributed by atoms with E-state index in [0.29, 0.717) is 43.8 Å². The van der Waals surface area contributed by atoms with E-state index in [9.17, 15) is 14.0 Å². The van der Waals surface area contributed by atoms with Crippen LogP contribution in [0.4, 0.5) is 14.5 Å². The maximum Gasteiger partial charge on any atom is 0.212 e. The van der Waals surface area contributed by atoms with Gasteiger partial charge in [-0.1, -0.05) is 24.3 Å². The number of amides is 1. The van der Waals surface area contributed by atoms with E-state index in [1.165, 1.54) is 23.1 Å². The van der Waals surface area contributed by atoms with Crippen LogP contribution in [-0.2, 0) is 34.1 Å². The molecule has 0 bridgehead atoms. The fourth-order valence-corrected chi connectivity index (χ4v) is 5.22. The van der Waals surface area contributed by atoms with Gasteiger partial charge in [0.15, 0.2) is 6.23 Å². The molecule has 3 aromatic rings. The number of carbonyl (C=O) groups excluding carboxylic acids is 2. The fourth-order valence-electron chi connectivity index (χ4n) is 5.22. The smallest absolute Gasteiger partial charge is 0.212 e. The zero-order valence-corrected chi connectivity index (χ0v) is 25.0. The summed E-state index contributed by atoms with van der Waals surface area (Å²) in [5.41, 5.74) is 6.27. The molecule has 1 heterocycles. The molecule has 1 atom stereocenters. The minimum atomic E-state index is -0.651. The molecule has 3 aromatic carbocycles. The van der Waals surface area contributed by atoms with Gasteiger partial charge in [-0.05, 0) is 48.4 Å². The van der Waals surface area contributed by atoms with Crippen molar-refractivity contribution in [1.82, 2.24) is 15.3 Å². The predicted molar refractivity (Wildman–Crippen MR) is 161 cm³/mol. The van der Waals surface area contributed by atoms with Crippen molar-refractivity contribution in [2.45, 2.75) is 45.7 Å². The topological polar surface area (TPSA) is 98.1 Å². The summed E-state index contributed by atoms with van der Waals surface area (Å²) in [6.07, 6.45) is 1.37. The Labute approximate surface area is 256 Å². The van der Waals surface area contributed by atoms with Crippen LogP contribution < -0.4 is 15.1 Å². The number of aryl methyl sites for hydroxylation is 1. The van der Waals surface area contributed by atoms with Crippen molar-refractivity contribution in [2.24, 2.45) is 0 Å². The summed E-state index contributed by atoms with van der Waals surface area (Å²) in [6.45, 7) is 5.53. The first-order valence-corrected chi connectivity index (χ1v) is 14.5. The quantitative estimate of drug-likeness (QED) is 0.154. The molecule has 0 aromatic heterocycles. The average molecular weight is 606 g/mol. The number of anilines is 1. The molecule has 44 heavy (non-hydrogen) atoms. The standard InChI is InChI=1S/C33H37F2N5O4/c1-24-5-3-6-32(29(24)21-40(23-42)33(44-37-2)7-4-16-41)43-22-27-9-8-25(17-30(27)34)20-38-12-14-39(15-13-38)28-11-10-26(19-36)31(35)18-28/h3,5-6,8-11,16-18,23,33,37H,4,7,12-15,20-22H2,1-2H3/t33-/m1/s1. The van der Waals surface area contributed by atoms with Crippen molar-refractivity contribution in [3.05, 3.63) is 94.0 Å². The first kappa shape index (κ1) is 32.5. The number of nitrogens with one attached hydrogen (secondary N) is 1. The van der Waals surface area contributed by atoms with Gasteiger partial charge >= 0.3 is 0 Å². The Morgan fingerprint density at radius 3 is 2.52 bits per heavy atom. The number of rotatable bonds is 15. The van der Waals surface area contributed by atoms with Crippen LogP contribution in [-0.4, -0.2) is 62.0 Å². The van der Waals surface area contributed by atoms with Gasteiger partial charge in [-0.15, -0.1) is 0 Å². The van der Waals surface area contributed by atoms with Crippen molar-refractivity contribution in [2.75, 3.05) is 38.1 Å². The maximum atomic E-state index is 15.2. The van der Waals surface area contributed by atoms with E-state index in [4.69, 9.17) is 14.8 Å². The molecule has 4 rings (SSSR count). The lowest BCUT2D eigenvalue weighted by molar-refractivity contribution is -0.145. The lowest BCUT2D eigenvalue weighted by Crippen LogP contribution is -2.46. The van der Waals surface area contributed by atoms with E-state index in [-0.39, 0.29) is 31.0 Å². The molecule has 232 valence electrons. The van der Waals surface area contributed by atoms with Crippen molar-refractivity contribution in [3.63, 3.8) is 0 Å². The third kappa shape index (κ3) is 8.38. The number of nitriles is 1. The first-order valence-electron chi connectivity index (χ1n) is 14.5. The maximum absolute atomic E-state index is 15.2. The average Bonchev–Trinajstić information content (AvgIpc) is 3.03. The molecule has 0 radical (unpaired) electrons. The van der Waals surface area contributed by atoms with Gasteiger partial charge in [0.05, 0.1) is 12.1 Å². The normalized spacial score (nSPS) is 14.1. The number of hydrogen-bond donors (Lipinski definition) is 1. The molecule has 0 unspecified atom stereocenters. The molecule has 0 spiro atoms. The Bertz CT molecular complexity index is 1470. The van der Waals surface area contributed by atoms with Gasteiger partial charge in [0, 0.05) is 69.4 Å². The number of hydrogen-bond acceptors (Lipinski definition) is 8. The summed E-state index contributed by atoms with van der Waals surface area (Å²) < 4.78 is 35.3. The van der Waals surface area contributed by atoms with Crippen molar-refractivity contribution >= 4 is 18.4 Å². The van der Waals surface area contributed by atoms with E-state index >= 15 is 4.39 Å². The van der Waals surface area contributed by atoms with Gasteiger partial charge in [0.1, 0.15) is 36.3 Å². The molecule has 1 N–H and O–H groups in total. The summed E-state index contributed by atoms with van der Waals surface area (Å²) >= 11 is 0. The summed E-state index contributed by atoms with van der Waals surface area (Å²) in [5.74, 6) is -0.361. The van der Waals surface area contributed by atoms with Crippen LogP contribution in [0.15, 0.2) is 54.6 Å². The Kier molecular flexibility index (Phi) is 11.8. The predicted octanol–water partition coefficient (Wildman–Crippen LogP) is 4.46. The SMILES string of the molecule is CNO[C@H](CCC=O)N(C=O)Cc1c(C)cccc1OCc1ccc(CN2CCN(c3ccc(C#N)c(F)c3)CC2)cc1F. The molecule has 11 heteroatoms. The molecule has 0 saturated carbocycles. The number of benzene rings is 3. The van der Waals surface area contributed by atoms with Gasteiger partial charge in [0.25, 0.3) is 0 Å². The van der Waals surface area contributed by atoms with Crippen molar-refractivity contribution in [1.29, 1.82) is 5.26 Å². The van der Waals surface area contributed by atoms with Gasteiger partial charge < -0.3 is 19.3 Å².